The normalized spacial score (nSPS) is 20.5. The summed E-state index contributed by atoms with van der Waals surface area (Å²) in [7, 11) is -4.21. The summed E-state index contributed by atoms with van der Waals surface area (Å²) in [5.41, 5.74) is 0.302. The van der Waals surface area contributed by atoms with Gasteiger partial charge < -0.3 is 14.8 Å². The average molecular weight is 348 g/mol. The summed E-state index contributed by atoms with van der Waals surface area (Å²) in [5, 5.41) is 19.3. The van der Waals surface area contributed by atoms with Crippen LogP contribution >= 0.6 is 0 Å². The highest BCUT2D eigenvalue weighted by Gasteiger charge is 2.39. The molecule has 126 valence electrons. The Balaban J connectivity index is 2.29. The van der Waals surface area contributed by atoms with Crippen molar-refractivity contribution in [3.63, 3.8) is 0 Å². The Hall–Kier alpha value is -2.10. The summed E-state index contributed by atoms with van der Waals surface area (Å²) in [6, 6.07) is 1.51. The van der Waals surface area contributed by atoms with Gasteiger partial charge in [0.25, 0.3) is 0 Å². The highest BCUT2D eigenvalue weighted by atomic mass is 32.2. The fourth-order valence-corrected chi connectivity index (χ4v) is 4.44. The number of hydrogen-bond donors (Lipinski definition) is 2. The minimum Gasteiger partial charge on any atom is -0.479 e. The number of ether oxygens (including phenoxy) is 1. The molecule has 0 saturated heterocycles. The van der Waals surface area contributed by atoms with Gasteiger partial charge in [0.1, 0.15) is 10.3 Å². The van der Waals surface area contributed by atoms with Crippen LogP contribution in [-0.4, -0.2) is 46.4 Å². The van der Waals surface area contributed by atoms with E-state index in [9.17, 15) is 18.5 Å². The first-order valence-corrected chi connectivity index (χ1v) is 8.75. The van der Waals surface area contributed by atoms with Crippen LogP contribution < -0.4 is 10.2 Å². The monoisotopic (exact) mass is 348 g/mol. The van der Waals surface area contributed by atoms with E-state index in [1.807, 2.05) is 0 Å². The standard InChI is InChI=1S/C15H17BN2O5S/c1-15(7-4-3-5-8-15)24(21,22)18-9-6-11-12(16(19)20)10-17-14(23-2)13(11)18/h3-7,9-10,19-20H,8H2,1-2H3. The van der Waals surface area contributed by atoms with Crippen LogP contribution in [0.15, 0.2) is 42.8 Å². The molecule has 9 heteroatoms. The molecule has 1 atom stereocenters. The Kier molecular flexibility index (Phi) is 4.02. The predicted octanol–water partition coefficient (Wildman–Crippen LogP) is 0.177. The van der Waals surface area contributed by atoms with Crippen LogP contribution in [0.1, 0.15) is 13.3 Å². The number of allylic oxidation sites excluding steroid dienone is 3. The van der Waals surface area contributed by atoms with Gasteiger partial charge in [-0.3, -0.25) is 0 Å². The molecule has 2 heterocycles. The van der Waals surface area contributed by atoms with E-state index in [1.165, 1.54) is 25.6 Å². The van der Waals surface area contributed by atoms with Gasteiger partial charge in [0.05, 0.1) is 7.11 Å². The van der Waals surface area contributed by atoms with E-state index in [-0.39, 0.29) is 16.9 Å². The first kappa shape index (κ1) is 16.8. The number of aromatic nitrogens is 2. The van der Waals surface area contributed by atoms with E-state index in [2.05, 4.69) is 4.98 Å². The Morgan fingerprint density at radius 1 is 1.38 bits per heavy atom. The van der Waals surface area contributed by atoms with Gasteiger partial charge in [0.15, 0.2) is 0 Å². The Bertz CT molecular complexity index is 948. The van der Waals surface area contributed by atoms with Crippen molar-refractivity contribution in [2.45, 2.75) is 18.1 Å². The van der Waals surface area contributed by atoms with Gasteiger partial charge in [-0.05, 0) is 19.4 Å². The topological polar surface area (TPSA) is 102 Å². The van der Waals surface area contributed by atoms with Crippen molar-refractivity contribution in [1.29, 1.82) is 0 Å². The van der Waals surface area contributed by atoms with Gasteiger partial charge in [-0.25, -0.2) is 17.4 Å². The third kappa shape index (κ3) is 2.36. The molecular formula is C15H17BN2O5S. The molecular weight excluding hydrogens is 331 g/mol. The molecule has 0 aromatic carbocycles. The second-order valence-electron chi connectivity index (χ2n) is 5.78. The maximum atomic E-state index is 13.2. The second kappa shape index (κ2) is 5.76. The van der Waals surface area contributed by atoms with Gasteiger partial charge in [-0.1, -0.05) is 24.3 Å². The summed E-state index contributed by atoms with van der Waals surface area (Å²) < 4.78 is 31.6. The van der Waals surface area contributed by atoms with Crippen molar-refractivity contribution in [3.05, 3.63) is 42.8 Å². The highest BCUT2D eigenvalue weighted by molar-refractivity contribution is 7.91. The first-order chi connectivity index (χ1) is 11.3. The van der Waals surface area contributed by atoms with Crippen LogP contribution in [0.25, 0.3) is 10.9 Å². The van der Waals surface area contributed by atoms with Crippen LogP contribution in [0, 0.1) is 0 Å². The Morgan fingerprint density at radius 2 is 2.12 bits per heavy atom. The Morgan fingerprint density at radius 3 is 2.71 bits per heavy atom. The minimum absolute atomic E-state index is 0.0990. The number of fused-ring (bicyclic) bond motifs is 1. The van der Waals surface area contributed by atoms with Crippen molar-refractivity contribution in [3.8, 4) is 5.88 Å². The molecule has 24 heavy (non-hydrogen) atoms. The molecule has 0 saturated carbocycles. The second-order valence-corrected chi connectivity index (χ2v) is 8.06. The third-order valence-corrected chi connectivity index (χ3v) is 6.53. The third-order valence-electron chi connectivity index (χ3n) is 4.23. The van der Waals surface area contributed by atoms with Crippen molar-refractivity contribution < 1.29 is 23.2 Å². The summed E-state index contributed by atoms with van der Waals surface area (Å²) in [6.07, 6.45) is 9.91. The van der Waals surface area contributed by atoms with E-state index in [1.54, 1.807) is 31.2 Å². The molecule has 2 aromatic heterocycles. The zero-order valence-corrected chi connectivity index (χ0v) is 14.1. The molecule has 0 amide bonds. The van der Waals surface area contributed by atoms with E-state index in [0.717, 1.165) is 3.97 Å². The molecule has 0 radical (unpaired) electrons. The molecule has 2 N–H and O–H groups in total. The van der Waals surface area contributed by atoms with Crippen molar-refractivity contribution >= 4 is 33.5 Å². The van der Waals surface area contributed by atoms with E-state index >= 15 is 0 Å². The number of rotatable bonds is 4. The van der Waals surface area contributed by atoms with Crippen LogP contribution in [0.3, 0.4) is 0 Å². The summed E-state index contributed by atoms with van der Waals surface area (Å²) in [5.74, 6) is 0.0990. The minimum atomic E-state index is -3.82. The number of hydrogen-bond acceptors (Lipinski definition) is 6. The van der Waals surface area contributed by atoms with Crippen molar-refractivity contribution in [2.24, 2.45) is 0 Å². The molecule has 0 bridgehead atoms. The lowest BCUT2D eigenvalue weighted by Gasteiger charge is -2.27. The van der Waals surface area contributed by atoms with Crippen molar-refractivity contribution in [1.82, 2.24) is 8.96 Å². The molecule has 1 unspecified atom stereocenters. The fraction of sp³-hybridized carbons (Fsp3) is 0.267. The quantitative estimate of drug-likeness (QED) is 0.765. The number of pyridine rings is 1. The lowest BCUT2D eigenvalue weighted by atomic mass is 9.79. The maximum absolute atomic E-state index is 13.2. The molecule has 0 spiro atoms. The van der Waals surface area contributed by atoms with Crippen LogP contribution in [0.2, 0.25) is 0 Å². The molecule has 0 fully saturated rings. The zero-order valence-electron chi connectivity index (χ0n) is 13.2. The van der Waals surface area contributed by atoms with Gasteiger partial charge in [0, 0.05) is 23.2 Å². The van der Waals surface area contributed by atoms with E-state index in [4.69, 9.17) is 4.74 Å². The zero-order chi connectivity index (χ0) is 17.5. The summed E-state index contributed by atoms with van der Waals surface area (Å²) >= 11 is 0. The van der Waals surface area contributed by atoms with Crippen molar-refractivity contribution in [2.75, 3.05) is 7.11 Å². The van der Waals surface area contributed by atoms with Gasteiger partial charge in [-0.15, -0.1) is 0 Å². The van der Waals surface area contributed by atoms with E-state index < -0.39 is 21.9 Å². The highest BCUT2D eigenvalue weighted by Crippen LogP contribution is 2.33. The van der Waals surface area contributed by atoms with Crippen LogP contribution in [0.4, 0.5) is 0 Å². The molecule has 2 aromatic rings. The molecule has 1 aliphatic rings. The largest absolute Gasteiger partial charge is 0.490 e. The lowest BCUT2D eigenvalue weighted by Crippen LogP contribution is -2.38. The SMILES string of the molecule is COc1ncc(B(O)O)c2ccn(S(=O)(=O)C3(C)C=CC=CC3)c12. The first-order valence-electron chi connectivity index (χ1n) is 7.31. The number of methoxy groups -OCH3 is 1. The molecule has 0 aliphatic heterocycles. The predicted molar refractivity (Wildman–Crippen MR) is 91.7 cm³/mol. The fourth-order valence-electron chi connectivity index (χ4n) is 2.79. The van der Waals surface area contributed by atoms with Crippen LogP contribution in [0.5, 0.6) is 5.88 Å². The summed E-state index contributed by atoms with van der Waals surface area (Å²) in [4.78, 5) is 4.00. The number of nitrogens with zero attached hydrogens (tertiary/aromatic N) is 2. The Labute approximate surface area is 140 Å². The van der Waals surface area contributed by atoms with Gasteiger partial charge in [0.2, 0.25) is 15.9 Å². The molecule has 3 rings (SSSR count). The molecule has 7 nitrogen and oxygen atoms in total. The summed E-state index contributed by atoms with van der Waals surface area (Å²) in [6.45, 7) is 1.64. The van der Waals surface area contributed by atoms with Gasteiger partial charge in [-0.2, -0.15) is 0 Å². The molecule has 1 aliphatic carbocycles. The van der Waals surface area contributed by atoms with Gasteiger partial charge >= 0.3 is 7.12 Å². The maximum Gasteiger partial charge on any atom is 0.490 e. The smallest absolute Gasteiger partial charge is 0.479 e. The van der Waals surface area contributed by atoms with Crippen LogP contribution in [-0.2, 0) is 10.0 Å². The average Bonchev–Trinajstić information content (AvgIpc) is 3.00. The lowest BCUT2D eigenvalue weighted by molar-refractivity contribution is 0.401. The van der Waals surface area contributed by atoms with E-state index in [0.29, 0.717) is 11.8 Å².